The Kier molecular flexibility index (Phi) is 5.46. The van der Waals surface area contributed by atoms with Crippen molar-refractivity contribution in [3.8, 4) is 0 Å². The summed E-state index contributed by atoms with van der Waals surface area (Å²) in [6.45, 7) is 3.01. The third-order valence-corrected chi connectivity index (χ3v) is 4.43. The zero-order valence-electron chi connectivity index (χ0n) is 12.0. The Hall–Kier alpha value is -1.03. The van der Waals surface area contributed by atoms with Crippen molar-refractivity contribution in [2.24, 2.45) is 5.73 Å². The maximum absolute atomic E-state index is 6.16. The van der Waals surface area contributed by atoms with E-state index >= 15 is 0 Å². The number of hydrogen-bond donors (Lipinski definition) is 1. The Morgan fingerprint density at radius 2 is 2.15 bits per heavy atom. The van der Waals surface area contributed by atoms with E-state index in [4.69, 9.17) is 17.3 Å². The molecule has 1 aromatic heterocycles. The molecule has 2 nitrogen and oxygen atoms in total. The fourth-order valence-electron chi connectivity index (χ4n) is 2.23. The van der Waals surface area contributed by atoms with Gasteiger partial charge in [-0.25, -0.2) is 0 Å². The third-order valence-electron chi connectivity index (χ3n) is 3.46. The van der Waals surface area contributed by atoms with Crippen LogP contribution in [0.3, 0.4) is 0 Å². The second-order valence-corrected chi connectivity index (χ2v) is 6.35. The summed E-state index contributed by atoms with van der Waals surface area (Å²) >= 11 is 7.88. The fourth-order valence-corrected chi connectivity index (χ4v) is 3.06. The Morgan fingerprint density at radius 3 is 2.80 bits per heavy atom. The van der Waals surface area contributed by atoms with E-state index in [9.17, 15) is 0 Å². The van der Waals surface area contributed by atoms with Crippen LogP contribution in [-0.2, 0) is 13.0 Å². The minimum absolute atomic E-state index is 0.199. The van der Waals surface area contributed by atoms with Crippen molar-refractivity contribution in [1.29, 1.82) is 0 Å². The number of hydrogen-bond acceptors (Lipinski definition) is 3. The summed E-state index contributed by atoms with van der Waals surface area (Å²) in [5.41, 5.74) is 9.86. The molecule has 2 N–H and O–H groups in total. The molecular weight excluding hydrogens is 288 g/mol. The molecule has 1 heterocycles. The zero-order valence-corrected chi connectivity index (χ0v) is 13.5. The lowest BCUT2D eigenvalue weighted by atomic mass is 10.0. The fraction of sp³-hybridized carbons (Fsp3) is 0.375. The van der Waals surface area contributed by atoms with Crippen molar-refractivity contribution in [3.05, 3.63) is 51.2 Å². The molecule has 0 bridgehead atoms. The smallest absolute Gasteiger partial charge is 0.0434 e. The second-order valence-electron chi connectivity index (χ2n) is 5.13. The first kappa shape index (κ1) is 15.4. The van der Waals surface area contributed by atoms with Crippen LogP contribution in [0.15, 0.2) is 35.0 Å². The van der Waals surface area contributed by atoms with Crippen LogP contribution in [-0.4, -0.2) is 13.1 Å². The minimum Gasteiger partial charge on any atom is -0.370 e. The standard InChI is InChI=1S/C16H21ClN2S/c1-3-15(18)8-13-4-5-14(17)9-16(13)19(2)10-12-6-7-20-11-12/h4-7,9,11,15H,3,8,10,18H2,1-2H3. The average Bonchev–Trinajstić information content (AvgIpc) is 2.93. The molecule has 0 fully saturated rings. The summed E-state index contributed by atoms with van der Waals surface area (Å²) < 4.78 is 0. The maximum atomic E-state index is 6.16. The van der Waals surface area contributed by atoms with E-state index in [1.54, 1.807) is 11.3 Å². The number of anilines is 1. The predicted octanol–water partition coefficient (Wildman–Crippen LogP) is 4.32. The lowest BCUT2D eigenvalue weighted by Crippen LogP contribution is -2.24. The summed E-state index contributed by atoms with van der Waals surface area (Å²) in [6.07, 6.45) is 1.87. The number of benzene rings is 1. The van der Waals surface area contributed by atoms with Crippen molar-refractivity contribution in [3.63, 3.8) is 0 Å². The lowest BCUT2D eigenvalue weighted by molar-refractivity contribution is 0.645. The summed E-state index contributed by atoms with van der Waals surface area (Å²) in [5, 5.41) is 5.05. The first-order valence-electron chi connectivity index (χ1n) is 6.86. The van der Waals surface area contributed by atoms with Crippen molar-refractivity contribution in [1.82, 2.24) is 0 Å². The van der Waals surface area contributed by atoms with Crippen LogP contribution in [0.2, 0.25) is 5.02 Å². The molecule has 2 aromatic rings. The Labute approximate surface area is 130 Å². The van der Waals surface area contributed by atoms with E-state index in [-0.39, 0.29) is 6.04 Å². The van der Waals surface area contributed by atoms with E-state index in [1.165, 1.54) is 16.8 Å². The van der Waals surface area contributed by atoms with Gasteiger partial charge >= 0.3 is 0 Å². The molecule has 20 heavy (non-hydrogen) atoms. The first-order valence-corrected chi connectivity index (χ1v) is 8.18. The number of thiophene rings is 1. The van der Waals surface area contributed by atoms with Gasteiger partial charge in [0, 0.05) is 30.3 Å². The molecular formula is C16H21ClN2S. The van der Waals surface area contributed by atoms with Gasteiger partial charge in [0.2, 0.25) is 0 Å². The van der Waals surface area contributed by atoms with Crippen LogP contribution in [0.4, 0.5) is 5.69 Å². The molecule has 108 valence electrons. The predicted molar refractivity (Wildman–Crippen MR) is 89.8 cm³/mol. The lowest BCUT2D eigenvalue weighted by Gasteiger charge is -2.23. The van der Waals surface area contributed by atoms with Crippen LogP contribution < -0.4 is 10.6 Å². The monoisotopic (exact) mass is 308 g/mol. The van der Waals surface area contributed by atoms with Gasteiger partial charge in [0.05, 0.1) is 0 Å². The second kappa shape index (κ2) is 7.11. The quantitative estimate of drug-likeness (QED) is 0.861. The molecule has 0 aliphatic rings. The largest absolute Gasteiger partial charge is 0.370 e. The normalized spacial score (nSPS) is 12.4. The van der Waals surface area contributed by atoms with Crippen molar-refractivity contribution >= 4 is 28.6 Å². The summed E-state index contributed by atoms with van der Waals surface area (Å²) in [5.74, 6) is 0. The van der Waals surface area contributed by atoms with Crippen molar-refractivity contribution in [2.75, 3.05) is 11.9 Å². The molecule has 2 rings (SSSR count). The number of nitrogens with zero attached hydrogens (tertiary/aromatic N) is 1. The molecule has 0 aliphatic heterocycles. The van der Waals surface area contributed by atoms with E-state index in [0.717, 1.165) is 24.4 Å². The summed E-state index contributed by atoms with van der Waals surface area (Å²) in [4.78, 5) is 2.24. The van der Waals surface area contributed by atoms with Gasteiger partial charge < -0.3 is 10.6 Å². The van der Waals surface area contributed by atoms with Crippen LogP contribution in [0.25, 0.3) is 0 Å². The van der Waals surface area contributed by atoms with E-state index in [0.29, 0.717) is 0 Å². The molecule has 0 saturated carbocycles. The summed E-state index contributed by atoms with van der Waals surface area (Å²) in [6, 6.07) is 8.43. The highest BCUT2D eigenvalue weighted by Crippen LogP contribution is 2.27. The Morgan fingerprint density at radius 1 is 1.35 bits per heavy atom. The van der Waals surface area contributed by atoms with Crippen LogP contribution >= 0.6 is 22.9 Å². The molecule has 1 aromatic carbocycles. The molecule has 0 amide bonds. The van der Waals surface area contributed by atoms with Gasteiger partial charge in [0.25, 0.3) is 0 Å². The van der Waals surface area contributed by atoms with Crippen LogP contribution in [0.5, 0.6) is 0 Å². The molecule has 1 atom stereocenters. The number of nitrogens with two attached hydrogens (primary N) is 1. The number of halogens is 1. The highest BCUT2D eigenvalue weighted by molar-refractivity contribution is 7.07. The van der Waals surface area contributed by atoms with E-state index in [2.05, 4.69) is 41.8 Å². The SMILES string of the molecule is CCC(N)Cc1ccc(Cl)cc1N(C)Cc1ccsc1. The maximum Gasteiger partial charge on any atom is 0.0434 e. The average molecular weight is 309 g/mol. The van der Waals surface area contributed by atoms with E-state index < -0.39 is 0 Å². The Bertz CT molecular complexity index is 539. The highest BCUT2D eigenvalue weighted by atomic mass is 35.5. The zero-order chi connectivity index (χ0) is 14.5. The van der Waals surface area contributed by atoms with Gasteiger partial charge in [0.1, 0.15) is 0 Å². The molecule has 0 spiro atoms. The first-order chi connectivity index (χ1) is 9.60. The highest BCUT2D eigenvalue weighted by Gasteiger charge is 2.11. The number of rotatable bonds is 6. The molecule has 0 aliphatic carbocycles. The third kappa shape index (κ3) is 3.98. The van der Waals surface area contributed by atoms with Gasteiger partial charge in [-0.15, -0.1) is 0 Å². The Balaban J connectivity index is 2.21. The van der Waals surface area contributed by atoms with Crippen LogP contribution in [0, 0.1) is 0 Å². The molecule has 1 unspecified atom stereocenters. The van der Waals surface area contributed by atoms with Gasteiger partial charge in [0.15, 0.2) is 0 Å². The molecule has 4 heteroatoms. The van der Waals surface area contributed by atoms with Crippen molar-refractivity contribution < 1.29 is 0 Å². The van der Waals surface area contributed by atoms with E-state index in [1.807, 2.05) is 12.1 Å². The van der Waals surface area contributed by atoms with Crippen LogP contribution in [0.1, 0.15) is 24.5 Å². The topological polar surface area (TPSA) is 29.3 Å². The van der Waals surface area contributed by atoms with Gasteiger partial charge in [-0.1, -0.05) is 24.6 Å². The van der Waals surface area contributed by atoms with Crippen molar-refractivity contribution in [2.45, 2.75) is 32.4 Å². The van der Waals surface area contributed by atoms with Gasteiger partial charge in [-0.05, 0) is 52.9 Å². The van der Waals surface area contributed by atoms with Gasteiger partial charge in [-0.3, -0.25) is 0 Å². The summed E-state index contributed by atoms with van der Waals surface area (Å²) in [7, 11) is 2.10. The molecule has 0 saturated heterocycles. The molecule has 0 radical (unpaired) electrons. The van der Waals surface area contributed by atoms with Gasteiger partial charge in [-0.2, -0.15) is 11.3 Å². The minimum atomic E-state index is 0.199.